The Morgan fingerprint density at radius 3 is 2.50 bits per heavy atom. The molecule has 0 aliphatic heterocycles. The van der Waals surface area contributed by atoms with Crippen molar-refractivity contribution in [3.8, 4) is 5.75 Å². The van der Waals surface area contributed by atoms with Crippen LogP contribution in [0.1, 0.15) is 0 Å². The zero-order chi connectivity index (χ0) is 15.2. The molecule has 0 heterocycles. The Kier molecular flexibility index (Phi) is 5.93. The molecule has 0 saturated heterocycles. The van der Waals surface area contributed by atoms with Gasteiger partial charge in [0.2, 0.25) is 15.9 Å². The van der Waals surface area contributed by atoms with Crippen LogP contribution < -0.4 is 5.32 Å². The Morgan fingerprint density at radius 2 is 1.95 bits per heavy atom. The van der Waals surface area contributed by atoms with Crippen LogP contribution >= 0.6 is 0 Å². The highest BCUT2D eigenvalue weighted by atomic mass is 32.2. The standard InChI is InChI=1S/C12H18N2O5S/c1-14(9-12(16)13-7-8-19-2)20(17,18)11-5-3-10(15)4-6-11/h3-6,15H,7-9H2,1-2H3,(H,13,16). The summed E-state index contributed by atoms with van der Waals surface area (Å²) in [4.78, 5) is 11.6. The number of benzene rings is 1. The first kappa shape index (κ1) is 16.4. The zero-order valence-corrected chi connectivity index (χ0v) is 12.2. The Labute approximate surface area is 118 Å². The number of ether oxygens (including phenoxy) is 1. The number of likely N-dealkylation sites (N-methyl/N-ethyl adjacent to an activating group) is 1. The van der Waals surface area contributed by atoms with E-state index in [9.17, 15) is 13.2 Å². The van der Waals surface area contributed by atoms with Crippen LogP contribution in [-0.4, -0.2) is 57.6 Å². The molecule has 0 aromatic heterocycles. The van der Waals surface area contributed by atoms with Crippen LogP contribution in [-0.2, 0) is 19.6 Å². The SMILES string of the molecule is COCCNC(=O)CN(C)S(=O)(=O)c1ccc(O)cc1. The van der Waals surface area contributed by atoms with Gasteiger partial charge in [0.25, 0.3) is 0 Å². The summed E-state index contributed by atoms with van der Waals surface area (Å²) in [6, 6.07) is 5.12. The van der Waals surface area contributed by atoms with Crippen molar-refractivity contribution in [2.24, 2.45) is 0 Å². The first-order chi connectivity index (χ1) is 9.37. The second-order valence-electron chi connectivity index (χ2n) is 4.10. The highest BCUT2D eigenvalue weighted by molar-refractivity contribution is 7.89. The van der Waals surface area contributed by atoms with E-state index < -0.39 is 15.9 Å². The summed E-state index contributed by atoms with van der Waals surface area (Å²) in [6.07, 6.45) is 0. The maximum atomic E-state index is 12.1. The Bertz CT molecular complexity index is 541. The summed E-state index contributed by atoms with van der Waals surface area (Å²) >= 11 is 0. The van der Waals surface area contributed by atoms with E-state index in [0.717, 1.165) is 4.31 Å². The van der Waals surface area contributed by atoms with Gasteiger partial charge in [0, 0.05) is 20.7 Å². The molecular formula is C12H18N2O5S. The summed E-state index contributed by atoms with van der Waals surface area (Å²) in [6.45, 7) is 0.398. The predicted molar refractivity (Wildman–Crippen MR) is 72.8 cm³/mol. The quantitative estimate of drug-likeness (QED) is 0.679. The molecule has 1 aromatic rings. The van der Waals surface area contributed by atoms with Crippen LogP contribution in [0.15, 0.2) is 29.2 Å². The van der Waals surface area contributed by atoms with Gasteiger partial charge in [0.15, 0.2) is 0 Å². The number of carbonyl (C=O) groups is 1. The number of aromatic hydroxyl groups is 1. The molecule has 0 spiro atoms. The largest absolute Gasteiger partial charge is 0.508 e. The number of hydrogen-bond acceptors (Lipinski definition) is 5. The number of hydrogen-bond donors (Lipinski definition) is 2. The Morgan fingerprint density at radius 1 is 1.35 bits per heavy atom. The summed E-state index contributed by atoms with van der Waals surface area (Å²) in [5.74, 6) is -0.434. The monoisotopic (exact) mass is 302 g/mol. The molecule has 1 rings (SSSR count). The number of nitrogens with zero attached hydrogens (tertiary/aromatic N) is 1. The summed E-state index contributed by atoms with van der Waals surface area (Å²) < 4.78 is 30.0. The number of phenols is 1. The van der Waals surface area contributed by atoms with Gasteiger partial charge < -0.3 is 15.2 Å². The van der Waals surface area contributed by atoms with Crippen LogP contribution in [0, 0.1) is 0 Å². The van der Waals surface area contributed by atoms with Gasteiger partial charge in [-0.05, 0) is 24.3 Å². The second-order valence-corrected chi connectivity index (χ2v) is 6.14. The fourth-order valence-electron chi connectivity index (χ4n) is 1.43. The lowest BCUT2D eigenvalue weighted by atomic mass is 10.3. The van der Waals surface area contributed by atoms with Gasteiger partial charge in [0.1, 0.15) is 5.75 Å². The van der Waals surface area contributed by atoms with Gasteiger partial charge in [0.05, 0.1) is 18.0 Å². The van der Waals surface area contributed by atoms with Gasteiger partial charge in [-0.2, -0.15) is 4.31 Å². The fourth-order valence-corrected chi connectivity index (χ4v) is 2.56. The third-order valence-electron chi connectivity index (χ3n) is 2.54. The molecule has 0 fully saturated rings. The number of amides is 1. The normalized spacial score (nSPS) is 11.6. The average Bonchev–Trinajstić information content (AvgIpc) is 2.39. The number of sulfonamides is 1. The first-order valence-corrected chi connectivity index (χ1v) is 7.33. The van der Waals surface area contributed by atoms with Crippen LogP contribution in [0.4, 0.5) is 0 Å². The highest BCUT2D eigenvalue weighted by Crippen LogP contribution is 2.17. The lowest BCUT2D eigenvalue weighted by Gasteiger charge is -2.16. The number of rotatable bonds is 7. The van der Waals surface area contributed by atoms with Crippen molar-refractivity contribution in [1.82, 2.24) is 9.62 Å². The second kappa shape index (κ2) is 7.22. The molecule has 0 unspecified atom stereocenters. The minimum absolute atomic E-state index is 0.0162. The van der Waals surface area contributed by atoms with E-state index in [1.807, 2.05) is 0 Å². The van der Waals surface area contributed by atoms with E-state index in [0.29, 0.717) is 13.2 Å². The molecule has 1 aromatic carbocycles. The van der Waals surface area contributed by atoms with E-state index >= 15 is 0 Å². The highest BCUT2D eigenvalue weighted by Gasteiger charge is 2.22. The molecule has 1 amide bonds. The maximum absolute atomic E-state index is 12.1. The van der Waals surface area contributed by atoms with Crippen molar-refractivity contribution in [2.75, 3.05) is 33.9 Å². The maximum Gasteiger partial charge on any atom is 0.243 e. The molecule has 0 bridgehead atoms. The molecule has 7 nitrogen and oxygen atoms in total. The third-order valence-corrected chi connectivity index (χ3v) is 4.36. The van der Waals surface area contributed by atoms with Crippen molar-refractivity contribution in [1.29, 1.82) is 0 Å². The fraction of sp³-hybridized carbons (Fsp3) is 0.417. The molecule has 0 saturated carbocycles. The molecule has 8 heteroatoms. The van der Waals surface area contributed by atoms with Crippen molar-refractivity contribution in [3.05, 3.63) is 24.3 Å². The van der Waals surface area contributed by atoms with E-state index in [-0.39, 0.29) is 17.2 Å². The van der Waals surface area contributed by atoms with Crippen molar-refractivity contribution in [3.63, 3.8) is 0 Å². The van der Waals surface area contributed by atoms with E-state index in [1.165, 1.54) is 38.4 Å². The molecule has 0 aliphatic rings. The van der Waals surface area contributed by atoms with Crippen molar-refractivity contribution >= 4 is 15.9 Å². The lowest BCUT2D eigenvalue weighted by Crippen LogP contribution is -2.39. The van der Waals surface area contributed by atoms with Crippen molar-refractivity contribution < 1.29 is 23.1 Å². The molecule has 112 valence electrons. The summed E-state index contributed by atoms with van der Waals surface area (Å²) in [5, 5.41) is 11.7. The van der Waals surface area contributed by atoms with E-state index in [2.05, 4.69) is 5.32 Å². The molecular weight excluding hydrogens is 284 g/mol. The molecule has 0 atom stereocenters. The average molecular weight is 302 g/mol. The minimum Gasteiger partial charge on any atom is -0.508 e. The van der Waals surface area contributed by atoms with Crippen LogP contribution in [0.25, 0.3) is 0 Å². The van der Waals surface area contributed by atoms with Gasteiger partial charge in [-0.15, -0.1) is 0 Å². The predicted octanol–water partition coefficient (Wildman–Crippen LogP) is -0.225. The third kappa shape index (κ3) is 4.48. The summed E-state index contributed by atoms with van der Waals surface area (Å²) in [7, 11) is -0.926. The van der Waals surface area contributed by atoms with Gasteiger partial charge in [-0.1, -0.05) is 0 Å². The number of phenolic OH excluding ortho intramolecular Hbond substituents is 1. The Hall–Kier alpha value is -1.64. The van der Waals surface area contributed by atoms with Gasteiger partial charge >= 0.3 is 0 Å². The zero-order valence-electron chi connectivity index (χ0n) is 11.4. The minimum atomic E-state index is -3.75. The summed E-state index contributed by atoms with van der Waals surface area (Å²) in [5.41, 5.74) is 0. The van der Waals surface area contributed by atoms with Crippen LogP contribution in [0.5, 0.6) is 5.75 Å². The van der Waals surface area contributed by atoms with Gasteiger partial charge in [-0.25, -0.2) is 8.42 Å². The topological polar surface area (TPSA) is 95.9 Å². The van der Waals surface area contributed by atoms with Crippen LogP contribution in [0.2, 0.25) is 0 Å². The van der Waals surface area contributed by atoms with Crippen molar-refractivity contribution in [2.45, 2.75) is 4.90 Å². The van der Waals surface area contributed by atoms with Gasteiger partial charge in [-0.3, -0.25) is 4.79 Å². The molecule has 20 heavy (non-hydrogen) atoms. The number of methoxy groups -OCH3 is 1. The lowest BCUT2D eigenvalue weighted by molar-refractivity contribution is -0.121. The molecule has 2 N–H and O–H groups in total. The van der Waals surface area contributed by atoms with Crippen LogP contribution in [0.3, 0.4) is 0 Å². The molecule has 0 radical (unpaired) electrons. The molecule has 0 aliphatic carbocycles. The smallest absolute Gasteiger partial charge is 0.243 e. The van der Waals surface area contributed by atoms with E-state index in [4.69, 9.17) is 9.84 Å². The first-order valence-electron chi connectivity index (χ1n) is 5.89. The number of carbonyl (C=O) groups excluding carboxylic acids is 1. The Balaban J connectivity index is 2.68. The number of nitrogens with one attached hydrogen (secondary N) is 1. The van der Waals surface area contributed by atoms with E-state index in [1.54, 1.807) is 0 Å².